The van der Waals surface area contributed by atoms with Crippen molar-refractivity contribution in [3.63, 3.8) is 0 Å². The van der Waals surface area contributed by atoms with E-state index in [-0.39, 0.29) is 5.78 Å². The van der Waals surface area contributed by atoms with Gasteiger partial charge in [0.15, 0.2) is 0 Å². The topological polar surface area (TPSA) is 17.1 Å². The lowest BCUT2D eigenvalue weighted by molar-refractivity contribution is -0.117. The largest absolute Gasteiger partial charge is 0.299 e. The number of carbonyl (C=O) groups excluding carboxylic acids is 1. The standard InChI is InChI=1S/C22H25ClO/c1-2-3-5-10-18(17-23)15-21(24)16-20-13-8-9-14-22(20)19-11-6-4-7-12-19/h4,6-14H,2-3,5,15-17H2,1H3/b18-10-. The lowest BCUT2D eigenvalue weighted by Gasteiger charge is -2.10. The van der Waals surface area contributed by atoms with Crippen LogP contribution in [0.4, 0.5) is 0 Å². The summed E-state index contributed by atoms with van der Waals surface area (Å²) in [5.41, 5.74) is 4.41. The van der Waals surface area contributed by atoms with Crippen LogP contribution < -0.4 is 0 Å². The number of carbonyl (C=O) groups is 1. The highest BCUT2D eigenvalue weighted by Gasteiger charge is 2.11. The molecule has 0 bridgehead atoms. The van der Waals surface area contributed by atoms with Gasteiger partial charge < -0.3 is 0 Å². The van der Waals surface area contributed by atoms with E-state index in [0.29, 0.717) is 18.7 Å². The van der Waals surface area contributed by atoms with E-state index in [4.69, 9.17) is 11.6 Å². The molecule has 0 fully saturated rings. The summed E-state index contributed by atoms with van der Waals surface area (Å²) in [5.74, 6) is 0.664. The highest BCUT2D eigenvalue weighted by atomic mass is 35.5. The predicted molar refractivity (Wildman–Crippen MR) is 104 cm³/mol. The molecular formula is C22H25ClO. The second-order valence-electron chi connectivity index (χ2n) is 6.05. The van der Waals surface area contributed by atoms with Crippen LogP contribution in [-0.4, -0.2) is 11.7 Å². The van der Waals surface area contributed by atoms with Crippen molar-refractivity contribution in [2.24, 2.45) is 0 Å². The Bertz CT molecular complexity index is 673. The SMILES string of the molecule is CCCC/C=C(\CCl)CC(=O)Cc1ccccc1-c1ccccc1. The van der Waals surface area contributed by atoms with Gasteiger partial charge in [0.05, 0.1) is 0 Å². The molecule has 2 heteroatoms. The molecule has 126 valence electrons. The first-order valence-corrected chi connectivity index (χ1v) is 9.17. The quantitative estimate of drug-likeness (QED) is 0.301. The van der Waals surface area contributed by atoms with E-state index in [1.54, 1.807) is 0 Å². The van der Waals surface area contributed by atoms with Gasteiger partial charge in [-0.3, -0.25) is 4.79 Å². The average molecular weight is 341 g/mol. The van der Waals surface area contributed by atoms with Crippen LogP contribution in [0.5, 0.6) is 0 Å². The number of rotatable bonds is 9. The maximum atomic E-state index is 12.5. The summed E-state index contributed by atoms with van der Waals surface area (Å²) in [6, 6.07) is 18.4. The van der Waals surface area contributed by atoms with E-state index in [2.05, 4.69) is 31.2 Å². The van der Waals surface area contributed by atoms with E-state index in [0.717, 1.165) is 41.5 Å². The van der Waals surface area contributed by atoms with Gasteiger partial charge in [-0.1, -0.05) is 86.0 Å². The molecule has 0 unspecified atom stereocenters. The fraction of sp³-hybridized carbons (Fsp3) is 0.318. The highest BCUT2D eigenvalue weighted by Crippen LogP contribution is 2.24. The van der Waals surface area contributed by atoms with Crippen LogP contribution in [0, 0.1) is 0 Å². The summed E-state index contributed by atoms with van der Waals surface area (Å²) < 4.78 is 0. The molecule has 0 amide bonds. The molecule has 2 aromatic carbocycles. The highest BCUT2D eigenvalue weighted by molar-refractivity contribution is 6.19. The Hall–Kier alpha value is -1.86. The molecule has 0 heterocycles. The van der Waals surface area contributed by atoms with Crippen molar-refractivity contribution in [1.29, 1.82) is 0 Å². The minimum absolute atomic E-state index is 0.224. The fourth-order valence-electron chi connectivity index (χ4n) is 2.79. The van der Waals surface area contributed by atoms with E-state index in [9.17, 15) is 4.79 Å². The number of Topliss-reactive ketones (excluding diaryl/α,β-unsaturated/α-hetero) is 1. The molecule has 0 saturated carbocycles. The first-order valence-electron chi connectivity index (χ1n) is 8.63. The first kappa shape index (κ1) is 18.5. The molecule has 2 rings (SSSR count). The Labute approximate surface area is 150 Å². The molecule has 0 aromatic heterocycles. The van der Waals surface area contributed by atoms with Gasteiger partial charge in [-0.25, -0.2) is 0 Å². The van der Waals surface area contributed by atoms with Gasteiger partial charge in [0.1, 0.15) is 5.78 Å². The normalized spacial score (nSPS) is 11.5. The Balaban J connectivity index is 2.08. The lowest BCUT2D eigenvalue weighted by atomic mass is 9.94. The number of halogens is 1. The molecule has 0 atom stereocenters. The third-order valence-corrected chi connectivity index (χ3v) is 4.42. The summed E-state index contributed by atoms with van der Waals surface area (Å²) in [6.07, 6.45) is 6.35. The number of benzene rings is 2. The molecule has 0 saturated heterocycles. The van der Waals surface area contributed by atoms with Crippen molar-refractivity contribution >= 4 is 17.4 Å². The summed E-state index contributed by atoms with van der Waals surface area (Å²) in [4.78, 5) is 12.5. The van der Waals surface area contributed by atoms with E-state index in [1.807, 2.05) is 36.4 Å². The van der Waals surface area contributed by atoms with Gasteiger partial charge in [-0.15, -0.1) is 11.6 Å². The number of unbranched alkanes of at least 4 members (excludes halogenated alkanes) is 2. The van der Waals surface area contributed by atoms with Crippen molar-refractivity contribution < 1.29 is 4.79 Å². The minimum atomic E-state index is 0.224. The molecule has 0 N–H and O–H groups in total. The lowest BCUT2D eigenvalue weighted by Crippen LogP contribution is -2.06. The van der Waals surface area contributed by atoms with Gasteiger partial charge in [0.25, 0.3) is 0 Å². The third kappa shape index (κ3) is 5.65. The number of hydrogen-bond donors (Lipinski definition) is 0. The van der Waals surface area contributed by atoms with Crippen LogP contribution in [0.2, 0.25) is 0 Å². The molecule has 0 radical (unpaired) electrons. The molecule has 0 spiro atoms. The zero-order valence-electron chi connectivity index (χ0n) is 14.3. The first-order chi connectivity index (χ1) is 11.7. The minimum Gasteiger partial charge on any atom is -0.299 e. The summed E-state index contributed by atoms with van der Waals surface area (Å²) in [6.45, 7) is 2.17. The van der Waals surface area contributed by atoms with E-state index >= 15 is 0 Å². The maximum absolute atomic E-state index is 12.5. The number of allylic oxidation sites excluding steroid dienone is 2. The smallest absolute Gasteiger partial charge is 0.141 e. The molecule has 0 aliphatic heterocycles. The summed E-state index contributed by atoms with van der Waals surface area (Å²) >= 11 is 6.00. The third-order valence-electron chi connectivity index (χ3n) is 4.08. The maximum Gasteiger partial charge on any atom is 0.141 e. The summed E-state index contributed by atoms with van der Waals surface area (Å²) in [5, 5.41) is 0. The van der Waals surface area contributed by atoms with Crippen molar-refractivity contribution in [2.75, 3.05) is 5.88 Å². The monoisotopic (exact) mass is 340 g/mol. The fourth-order valence-corrected chi connectivity index (χ4v) is 2.99. The molecule has 0 aliphatic carbocycles. The van der Waals surface area contributed by atoms with Crippen molar-refractivity contribution in [1.82, 2.24) is 0 Å². The molecular weight excluding hydrogens is 316 g/mol. The second-order valence-corrected chi connectivity index (χ2v) is 6.32. The Morgan fingerprint density at radius 3 is 2.46 bits per heavy atom. The van der Waals surface area contributed by atoms with Crippen molar-refractivity contribution in [2.45, 2.75) is 39.0 Å². The van der Waals surface area contributed by atoms with Crippen LogP contribution in [-0.2, 0) is 11.2 Å². The summed E-state index contributed by atoms with van der Waals surface area (Å²) in [7, 11) is 0. The number of hydrogen-bond acceptors (Lipinski definition) is 1. The predicted octanol–water partition coefficient (Wildman–Crippen LogP) is 6.21. The van der Waals surface area contributed by atoms with Crippen LogP contribution >= 0.6 is 11.6 Å². The van der Waals surface area contributed by atoms with Gasteiger partial charge in [0.2, 0.25) is 0 Å². The molecule has 1 nitrogen and oxygen atoms in total. The van der Waals surface area contributed by atoms with Gasteiger partial charge in [-0.2, -0.15) is 0 Å². The molecule has 0 aliphatic rings. The Morgan fingerprint density at radius 2 is 1.75 bits per heavy atom. The number of ketones is 1. The van der Waals surface area contributed by atoms with Crippen LogP contribution in [0.1, 0.15) is 38.2 Å². The van der Waals surface area contributed by atoms with E-state index < -0.39 is 0 Å². The van der Waals surface area contributed by atoms with Crippen molar-refractivity contribution in [3.05, 3.63) is 71.8 Å². The average Bonchev–Trinajstić information content (AvgIpc) is 2.62. The van der Waals surface area contributed by atoms with Gasteiger partial charge in [-0.05, 0) is 23.1 Å². The van der Waals surface area contributed by atoms with Crippen molar-refractivity contribution in [3.8, 4) is 11.1 Å². The second kappa shape index (κ2) is 10.1. The van der Waals surface area contributed by atoms with Crippen LogP contribution in [0.15, 0.2) is 66.2 Å². The number of alkyl halides is 1. The van der Waals surface area contributed by atoms with Gasteiger partial charge >= 0.3 is 0 Å². The van der Waals surface area contributed by atoms with Gasteiger partial charge in [0, 0.05) is 18.7 Å². The zero-order chi connectivity index (χ0) is 17.2. The molecule has 2 aromatic rings. The van der Waals surface area contributed by atoms with Crippen LogP contribution in [0.3, 0.4) is 0 Å². The zero-order valence-corrected chi connectivity index (χ0v) is 15.1. The van der Waals surface area contributed by atoms with Crippen LogP contribution in [0.25, 0.3) is 11.1 Å². The Kier molecular flexibility index (Phi) is 7.77. The molecule has 24 heavy (non-hydrogen) atoms. The van der Waals surface area contributed by atoms with E-state index in [1.165, 1.54) is 0 Å². The Morgan fingerprint density at radius 1 is 1.04 bits per heavy atom.